The molecule has 10 aliphatic carbocycles. The fourth-order valence-electron chi connectivity index (χ4n) is 20.0. The number of nitrogens with two attached hydrogens (primary N) is 2. The minimum atomic E-state index is -1.33. The van der Waals surface area contributed by atoms with Crippen molar-refractivity contribution in [3.8, 4) is 0 Å². The Morgan fingerprint density at radius 2 is 1.74 bits per heavy atom. The topological polar surface area (TPSA) is 180 Å². The number of nitrogens with zero attached hydrogens (tertiary/aromatic N) is 3. The first-order valence-electron chi connectivity index (χ1n) is 26.3. The normalized spacial score (nSPS) is 50.2. The molecule has 8 fully saturated rings. The van der Waals surface area contributed by atoms with Crippen molar-refractivity contribution in [1.29, 1.82) is 0 Å². The number of allylic oxidation sites excluding steroid dienone is 3. The molecule has 12 heteroatoms. The molecule has 19 unspecified atom stereocenters. The summed E-state index contributed by atoms with van der Waals surface area (Å²) in [5, 5.41) is 50.6. The third kappa shape index (κ3) is 6.24. The second kappa shape index (κ2) is 15.7. The predicted molar refractivity (Wildman–Crippen MR) is 262 cm³/mol. The van der Waals surface area contributed by atoms with Crippen LogP contribution < -0.4 is 11.5 Å². The first-order chi connectivity index (χ1) is 31.5. The average Bonchev–Trinajstić information content (AvgIpc) is 4.00. The average molecular weight is 940 g/mol. The number of carbonyl (C=O) groups is 1. The second-order valence-electron chi connectivity index (χ2n) is 25.4. The van der Waals surface area contributed by atoms with Crippen LogP contribution in [-0.2, 0) is 4.79 Å². The number of imidazole rings is 1. The zero-order valence-corrected chi connectivity index (χ0v) is 41.5. The standard InChI is InChI=1S/C54H77N5O5S2/c1-50(2)22-33(59-14-13-57-27-59)26-66-65-25-32-17-37(52(4)21-30(24-58-49(55)56)45-39(54(32,52)64)19-40(60)38-18-41(61)42(62)23-51(38,45)3)35-16-29-7-5-9-34-43(29)44(48(35)63)47(50)36-15-28-10-11-31-8-6-12-53(31,20-28)46(34)36/h13-14,19,27-33,35,37-38,41-42,44-46,48,61-64H,5-12,15-18,20-26H2,1-4H3,(H4,55,56,58). The summed E-state index contributed by atoms with van der Waals surface area (Å²) in [4.78, 5) is 23.9. The molecular formula is C54H77N5O5S2. The number of ketones is 1. The summed E-state index contributed by atoms with van der Waals surface area (Å²) in [6, 6.07) is 0.202. The van der Waals surface area contributed by atoms with Gasteiger partial charge in [-0.3, -0.25) is 9.79 Å². The van der Waals surface area contributed by atoms with E-state index in [9.17, 15) is 25.2 Å². The highest BCUT2D eigenvalue weighted by Crippen LogP contribution is 2.75. The maximum Gasteiger partial charge on any atom is 0.185 e. The van der Waals surface area contributed by atoms with Crippen LogP contribution in [0.5, 0.6) is 0 Å². The fraction of sp³-hybridized carbons (Fsp3) is 0.796. The monoisotopic (exact) mass is 940 g/mol. The second-order valence-corrected chi connectivity index (χ2v) is 27.9. The van der Waals surface area contributed by atoms with Crippen molar-refractivity contribution in [1.82, 2.24) is 9.55 Å². The SMILES string of the molecule is CC1(C)CC(n2ccnc2)CSSCC2CC(C3CC4CCCC5=C4C(C1=C1CC4CCC6CCCC6(C4)C51)C3O)C1(C)CC(CN=C(N)N)C3C(=CC(=O)C4CC(O)C(O)CC43C)C21O. The van der Waals surface area contributed by atoms with Crippen LogP contribution in [0, 0.1) is 86.8 Å². The highest BCUT2D eigenvalue weighted by molar-refractivity contribution is 8.76. The van der Waals surface area contributed by atoms with Gasteiger partial charge in [0.15, 0.2) is 11.7 Å². The van der Waals surface area contributed by atoms with Gasteiger partial charge in [-0.15, -0.1) is 0 Å². The van der Waals surface area contributed by atoms with Gasteiger partial charge in [-0.1, -0.05) is 78.0 Å². The zero-order valence-electron chi connectivity index (χ0n) is 39.9. The van der Waals surface area contributed by atoms with E-state index < -0.39 is 40.7 Å². The van der Waals surface area contributed by atoms with E-state index in [0.29, 0.717) is 30.2 Å². The summed E-state index contributed by atoms with van der Waals surface area (Å²) in [7, 11) is 3.78. The quantitative estimate of drug-likeness (QED) is 0.0749. The van der Waals surface area contributed by atoms with Gasteiger partial charge in [-0.05, 0) is 166 Å². The molecule has 6 bridgehead atoms. The zero-order chi connectivity index (χ0) is 45.9. The van der Waals surface area contributed by atoms with Crippen LogP contribution in [-0.4, -0.2) is 83.7 Å². The number of carbonyl (C=O) groups excluding carboxylic acids is 1. The highest BCUT2D eigenvalue weighted by Gasteiger charge is 2.73. The molecule has 11 aliphatic rings. The Labute approximate surface area is 400 Å². The lowest BCUT2D eigenvalue weighted by Crippen LogP contribution is -2.65. The third-order valence-electron chi connectivity index (χ3n) is 22.0. The minimum Gasteiger partial charge on any atom is -0.392 e. The molecule has 7 saturated carbocycles. The molecule has 0 aromatic carbocycles. The van der Waals surface area contributed by atoms with E-state index in [2.05, 4.69) is 43.4 Å². The van der Waals surface area contributed by atoms with Crippen molar-refractivity contribution < 1.29 is 25.2 Å². The van der Waals surface area contributed by atoms with E-state index in [0.717, 1.165) is 54.6 Å². The minimum absolute atomic E-state index is 0.000227. The Kier molecular flexibility index (Phi) is 10.7. The fourth-order valence-corrected chi connectivity index (χ4v) is 22.7. The van der Waals surface area contributed by atoms with Gasteiger partial charge in [0.05, 0.1) is 30.2 Å². The van der Waals surface area contributed by atoms with Gasteiger partial charge in [-0.25, -0.2) is 4.98 Å². The van der Waals surface area contributed by atoms with Gasteiger partial charge in [0.1, 0.15) is 0 Å². The maximum absolute atomic E-state index is 14.7. The van der Waals surface area contributed by atoms with Crippen molar-refractivity contribution in [3.63, 3.8) is 0 Å². The number of hydrogen-bond acceptors (Lipinski definition) is 9. The van der Waals surface area contributed by atoms with Crippen LogP contribution in [0.2, 0.25) is 0 Å². The molecule has 2 heterocycles. The molecule has 10 nitrogen and oxygen atoms in total. The van der Waals surface area contributed by atoms with Crippen molar-refractivity contribution in [2.75, 3.05) is 18.1 Å². The summed E-state index contributed by atoms with van der Waals surface area (Å²) in [5.41, 5.74) is 17.2. The summed E-state index contributed by atoms with van der Waals surface area (Å²) in [6.45, 7) is 9.86. The van der Waals surface area contributed by atoms with Gasteiger partial charge in [0, 0.05) is 65.6 Å². The van der Waals surface area contributed by atoms with Crippen LogP contribution >= 0.6 is 21.6 Å². The van der Waals surface area contributed by atoms with Crippen molar-refractivity contribution in [3.05, 3.63) is 52.7 Å². The molecule has 0 radical (unpaired) electrons. The van der Waals surface area contributed by atoms with Gasteiger partial charge in [-0.2, -0.15) is 0 Å². The molecule has 1 aromatic heterocycles. The highest BCUT2D eigenvalue weighted by atomic mass is 33.1. The van der Waals surface area contributed by atoms with Crippen molar-refractivity contribution in [2.24, 2.45) is 103 Å². The molecule has 1 saturated heterocycles. The lowest BCUT2D eigenvalue weighted by Gasteiger charge is -2.64. The van der Waals surface area contributed by atoms with Crippen molar-refractivity contribution in [2.45, 2.75) is 160 Å². The number of aliphatic imine (C=N–C) groups is 1. The van der Waals surface area contributed by atoms with E-state index >= 15 is 0 Å². The number of fused-ring (bicyclic) bond motifs is 14. The van der Waals surface area contributed by atoms with Gasteiger partial charge in [0.25, 0.3) is 0 Å². The van der Waals surface area contributed by atoms with Crippen molar-refractivity contribution >= 4 is 33.3 Å². The molecule has 19 atom stereocenters. The molecule has 1 aliphatic heterocycles. The smallest absolute Gasteiger partial charge is 0.185 e. The Morgan fingerprint density at radius 3 is 2.53 bits per heavy atom. The number of guanidine groups is 1. The van der Waals surface area contributed by atoms with E-state index in [-0.39, 0.29) is 71.5 Å². The number of aliphatic hydroxyl groups excluding tert-OH is 3. The van der Waals surface area contributed by atoms with E-state index in [1.54, 1.807) is 28.4 Å². The van der Waals surface area contributed by atoms with Crippen LogP contribution in [0.4, 0.5) is 0 Å². The molecular weight excluding hydrogens is 863 g/mol. The third-order valence-corrected chi connectivity index (χ3v) is 24.6. The van der Waals surface area contributed by atoms with E-state index in [1.807, 2.05) is 34.1 Å². The number of aromatic nitrogens is 2. The van der Waals surface area contributed by atoms with Gasteiger partial charge in [0.2, 0.25) is 0 Å². The van der Waals surface area contributed by atoms with E-state index in [4.69, 9.17) is 16.5 Å². The molecule has 66 heavy (non-hydrogen) atoms. The summed E-state index contributed by atoms with van der Waals surface area (Å²) in [6.07, 6.45) is 22.1. The predicted octanol–water partition coefficient (Wildman–Crippen LogP) is 8.18. The van der Waals surface area contributed by atoms with E-state index in [1.165, 1.54) is 57.8 Å². The first kappa shape index (κ1) is 45.1. The maximum atomic E-state index is 14.7. The molecule has 1 spiro atoms. The molecule has 12 rings (SSSR count). The van der Waals surface area contributed by atoms with Crippen LogP contribution in [0.25, 0.3) is 0 Å². The Balaban J connectivity index is 1.04. The molecule has 360 valence electrons. The number of hydrogen-bond donors (Lipinski definition) is 6. The number of rotatable bonds is 3. The van der Waals surface area contributed by atoms with Crippen LogP contribution in [0.3, 0.4) is 0 Å². The summed E-state index contributed by atoms with van der Waals surface area (Å²) < 4.78 is 2.34. The largest absolute Gasteiger partial charge is 0.392 e. The molecule has 0 amide bonds. The lowest BCUT2D eigenvalue weighted by molar-refractivity contribution is -0.171. The molecule has 1 aromatic rings. The summed E-state index contributed by atoms with van der Waals surface area (Å²) >= 11 is 0. The molecule has 8 N–H and O–H groups in total. The number of aliphatic hydroxyl groups is 4. The Bertz CT molecular complexity index is 2270. The van der Waals surface area contributed by atoms with Crippen LogP contribution in [0.15, 0.2) is 57.7 Å². The Hall–Kier alpha value is -2.09. The Morgan fingerprint density at radius 1 is 0.924 bits per heavy atom. The van der Waals surface area contributed by atoms with Crippen LogP contribution in [0.1, 0.15) is 136 Å². The lowest BCUT2D eigenvalue weighted by atomic mass is 9.41. The van der Waals surface area contributed by atoms with Gasteiger partial charge >= 0.3 is 0 Å². The first-order valence-corrected chi connectivity index (χ1v) is 28.7. The van der Waals surface area contributed by atoms with Gasteiger partial charge < -0.3 is 36.5 Å². The summed E-state index contributed by atoms with van der Waals surface area (Å²) in [5.74, 6) is 2.99.